The molecule has 2 aromatic carbocycles. The van der Waals surface area contributed by atoms with Crippen LogP contribution in [-0.4, -0.2) is 28.4 Å². The number of phenolic OH excluding ortho intramolecular Hbond substituents is 1. The molecule has 0 amide bonds. The van der Waals surface area contributed by atoms with Gasteiger partial charge in [0.2, 0.25) is 0 Å². The van der Waals surface area contributed by atoms with Gasteiger partial charge in [-0.25, -0.2) is 8.42 Å². The number of aromatic hydroxyl groups is 1. The third kappa shape index (κ3) is 2.22. The van der Waals surface area contributed by atoms with Crippen LogP contribution < -0.4 is 0 Å². The van der Waals surface area contributed by atoms with E-state index in [1.807, 2.05) is 0 Å². The van der Waals surface area contributed by atoms with Gasteiger partial charge in [-0.05, 0) is 23.8 Å². The van der Waals surface area contributed by atoms with E-state index in [1.165, 1.54) is 30.3 Å². The van der Waals surface area contributed by atoms with Crippen molar-refractivity contribution in [2.45, 2.75) is 15.0 Å². The molecule has 1 atom stereocenters. The molecule has 1 unspecified atom stereocenters. The number of rotatable bonds is 2. The number of fused-ring (bicyclic) bond motifs is 1. The van der Waals surface area contributed by atoms with Crippen molar-refractivity contribution in [2.24, 2.45) is 0 Å². The summed E-state index contributed by atoms with van der Waals surface area (Å²) in [6.45, 7) is 0. The first-order chi connectivity index (χ1) is 9.84. The van der Waals surface area contributed by atoms with E-state index in [2.05, 4.69) is 0 Å². The molecule has 0 fully saturated rings. The van der Waals surface area contributed by atoms with Crippen molar-refractivity contribution in [1.29, 1.82) is 0 Å². The number of hydrogen-bond acceptors (Lipinski definition) is 5. The summed E-state index contributed by atoms with van der Waals surface area (Å²) in [6, 6.07) is 12.2. The van der Waals surface area contributed by atoms with Crippen LogP contribution >= 0.6 is 10.6 Å². The summed E-state index contributed by atoms with van der Waals surface area (Å²) in [6.07, 6.45) is 0. The van der Waals surface area contributed by atoms with Gasteiger partial charge in [0.25, 0.3) is 0 Å². The monoisotopic (exact) mass is 326 g/mol. The van der Waals surface area contributed by atoms with Crippen LogP contribution in [0.5, 0.6) is 5.75 Å². The fourth-order valence-electron chi connectivity index (χ4n) is 2.57. The first-order valence-electron chi connectivity index (χ1n) is 6.21. The molecule has 112 valence electrons. The molecule has 7 heteroatoms. The van der Waals surface area contributed by atoms with Crippen LogP contribution in [0.2, 0.25) is 0 Å². The molecule has 5 nitrogen and oxygen atoms in total. The zero-order valence-electron chi connectivity index (χ0n) is 10.9. The van der Waals surface area contributed by atoms with Gasteiger partial charge in [-0.15, -0.1) is 0 Å². The molecule has 1 heterocycles. The maximum Gasteiger partial charge on any atom is 0.187 e. The van der Waals surface area contributed by atoms with Crippen molar-refractivity contribution in [3.05, 3.63) is 54.1 Å². The van der Waals surface area contributed by atoms with Gasteiger partial charge in [0, 0.05) is 0 Å². The van der Waals surface area contributed by atoms with Gasteiger partial charge >= 0.3 is 0 Å². The van der Waals surface area contributed by atoms with Crippen molar-refractivity contribution in [3.63, 3.8) is 0 Å². The molecule has 0 aliphatic carbocycles. The summed E-state index contributed by atoms with van der Waals surface area (Å²) in [5.41, 5.74) is 0.263. The maximum absolute atomic E-state index is 12.7. The SMILES string of the molecule is O=S(=O)(c1ccccc1)C1CS(O)(O)c2c(O)cccc21. The minimum Gasteiger partial charge on any atom is -0.506 e. The van der Waals surface area contributed by atoms with E-state index in [-0.39, 0.29) is 26.9 Å². The lowest BCUT2D eigenvalue weighted by Gasteiger charge is -2.27. The van der Waals surface area contributed by atoms with Crippen LogP contribution in [0.15, 0.2) is 58.3 Å². The Kier molecular flexibility index (Phi) is 3.25. The lowest BCUT2D eigenvalue weighted by molar-refractivity contribution is 0.446. The molecule has 0 aromatic heterocycles. The summed E-state index contributed by atoms with van der Waals surface area (Å²) in [4.78, 5) is 0.0795. The molecule has 21 heavy (non-hydrogen) atoms. The normalized spacial score (nSPS) is 21.7. The predicted octanol–water partition coefficient (Wildman–Crippen LogP) is 3.03. The van der Waals surface area contributed by atoms with Crippen LogP contribution in [-0.2, 0) is 9.84 Å². The standard InChI is InChI=1S/C14H14O5S2/c15-12-8-4-7-11-13(9-20(16,17)14(11)12)21(18,19)10-5-2-1-3-6-10/h1-8,13,15-17H,9H2. The summed E-state index contributed by atoms with van der Waals surface area (Å²) in [5, 5.41) is 8.76. The second-order valence-electron chi connectivity index (χ2n) is 4.88. The number of benzene rings is 2. The fraction of sp³-hybridized carbons (Fsp3) is 0.143. The highest BCUT2D eigenvalue weighted by Crippen LogP contribution is 2.64. The van der Waals surface area contributed by atoms with Gasteiger partial charge in [-0.1, -0.05) is 30.3 Å². The average Bonchev–Trinajstić information content (AvgIpc) is 2.73. The molecule has 0 saturated heterocycles. The summed E-state index contributed by atoms with van der Waals surface area (Å²) in [7, 11) is -7.06. The van der Waals surface area contributed by atoms with E-state index >= 15 is 0 Å². The van der Waals surface area contributed by atoms with E-state index in [0.717, 1.165) is 0 Å². The largest absolute Gasteiger partial charge is 0.506 e. The van der Waals surface area contributed by atoms with Crippen molar-refractivity contribution in [3.8, 4) is 5.75 Å². The minimum absolute atomic E-state index is 0.0468. The maximum atomic E-state index is 12.7. The highest BCUT2D eigenvalue weighted by molar-refractivity contribution is 8.25. The van der Waals surface area contributed by atoms with Crippen molar-refractivity contribution in [1.82, 2.24) is 0 Å². The minimum atomic E-state index is -3.75. The van der Waals surface area contributed by atoms with Crippen LogP contribution in [0.3, 0.4) is 0 Å². The molecule has 0 spiro atoms. The molecule has 3 rings (SSSR count). The Morgan fingerprint density at radius 1 is 1.00 bits per heavy atom. The summed E-state index contributed by atoms with van der Waals surface area (Å²) in [5.74, 6) is -0.602. The zero-order valence-corrected chi connectivity index (χ0v) is 12.5. The van der Waals surface area contributed by atoms with E-state index < -0.39 is 25.7 Å². The van der Waals surface area contributed by atoms with E-state index in [9.17, 15) is 22.6 Å². The van der Waals surface area contributed by atoms with E-state index in [0.29, 0.717) is 0 Å². The van der Waals surface area contributed by atoms with Gasteiger partial charge in [-0.2, -0.15) is 10.6 Å². The predicted molar refractivity (Wildman–Crippen MR) is 80.5 cm³/mol. The van der Waals surface area contributed by atoms with Crippen LogP contribution in [0.25, 0.3) is 0 Å². The molecule has 2 aromatic rings. The third-order valence-electron chi connectivity index (χ3n) is 3.53. The van der Waals surface area contributed by atoms with Crippen molar-refractivity contribution < 1.29 is 22.6 Å². The van der Waals surface area contributed by atoms with Gasteiger partial charge < -0.3 is 5.11 Å². The summed E-state index contributed by atoms with van der Waals surface area (Å²) < 4.78 is 45.7. The Balaban J connectivity index is 2.18. The zero-order chi connectivity index (χ0) is 15.3. The third-order valence-corrected chi connectivity index (χ3v) is 7.74. The van der Waals surface area contributed by atoms with Gasteiger partial charge in [0.1, 0.15) is 15.9 Å². The number of phenols is 1. The van der Waals surface area contributed by atoms with Gasteiger partial charge in [0.05, 0.1) is 10.6 Å². The molecule has 3 N–H and O–H groups in total. The molecule has 0 radical (unpaired) electrons. The highest BCUT2D eigenvalue weighted by atomic mass is 32.3. The smallest absolute Gasteiger partial charge is 0.187 e. The topological polar surface area (TPSA) is 94.8 Å². The second-order valence-corrected chi connectivity index (χ2v) is 9.08. The van der Waals surface area contributed by atoms with Crippen LogP contribution in [0, 0.1) is 0 Å². The van der Waals surface area contributed by atoms with Crippen molar-refractivity contribution in [2.75, 3.05) is 5.75 Å². The van der Waals surface area contributed by atoms with E-state index in [1.54, 1.807) is 18.2 Å². The Hall–Kier alpha value is -1.54. The lowest BCUT2D eigenvalue weighted by Crippen LogP contribution is -2.15. The molecule has 1 aliphatic heterocycles. The molecule has 0 saturated carbocycles. The van der Waals surface area contributed by atoms with Crippen molar-refractivity contribution >= 4 is 20.4 Å². The first-order valence-corrected chi connectivity index (χ1v) is 9.47. The Labute approximate surface area is 124 Å². The van der Waals surface area contributed by atoms with Gasteiger partial charge in [-0.3, -0.25) is 9.11 Å². The molecule has 1 aliphatic rings. The number of hydrogen-bond donors (Lipinski definition) is 3. The summed E-state index contributed by atoms with van der Waals surface area (Å²) >= 11 is 0. The Morgan fingerprint density at radius 2 is 1.67 bits per heavy atom. The average molecular weight is 326 g/mol. The quantitative estimate of drug-likeness (QED) is 0.788. The molecular formula is C14H14O5S2. The first kappa shape index (κ1) is 14.4. The molecular weight excluding hydrogens is 312 g/mol. The van der Waals surface area contributed by atoms with Crippen LogP contribution in [0.4, 0.5) is 0 Å². The Bertz CT molecular complexity index is 784. The van der Waals surface area contributed by atoms with Crippen LogP contribution in [0.1, 0.15) is 10.8 Å². The highest BCUT2D eigenvalue weighted by Gasteiger charge is 2.44. The number of sulfone groups is 1. The molecule has 0 bridgehead atoms. The Morgan fingerprint density at radius 3 is 2.33 bits per heavy atom. The van der Waals surface area contributed by atoms with E-state index in [4.69, 9.17) is 0 Å². The van der Waals surface area contributed by atoms with Gasteiger partial charge in [0.15, 0.2) is 9.84 Å². The second kappa shape index (κ2) is 4.74. The fourth-order valence-corrected chi connectivity index (χ4v) is 7.08. The lowest BCUT2D eigenvalue weighted by atomic mass is 10.1.